The Hall–Kier alpha value is -0.330. The molecule has 0 heterocycles. The van der Waals surface area contributed by atoms with Crippen molar-refractivity contribution in [2.45, 2.75) is 32.9 Å². The van der Waals surface area contributed by atoms with Gasteiger partial charge in [-0.2, -0.15) is 0 Å². The maximum Gasteiger partial charge on any atom is 0.101 e. The first kappa shape index (κ1) is 7.67. The molecule has 0 aliphatic heterocycles. The van der Waals surface area contributed by atoms with Crippen LogP contribution in [0.3, 0.4) is 0 Å². The zero-order valence-electron chi connectivity index (χ0n) is 5.52. The molecule has 0 aliphatic rings. The molecule has 0 aromatic carbocycles. The lowest BCUT2D eigenvalue weighted by Gasteiger charge is -1.90. The number of allylic oxidation sites excluding steroid dienone is 2. The summed E-state index contributed by atoms with van der Waals surface area (Å²) in [5, 5.41) is 0. The Morgan fingerprint density at radius 2 is 2.12 bits per heavy atom. The standard InChI is InChI=1S/C7H13F/c1-3-4-5-6-7(2)8/h4-5,7H,3,6H2,1-2H3/b5-4+. The molecule has 0 aromatic rings. The second-order valence-corrected chi connectivity index (χ2v) is 1.90. The highest BCUT2D eigenvalue weighted by Gasteiger charge is 1.89. The van der Waals surface area contributed by atoms with E-state index in [0.717, 1.165) is 6.42 Å². The third-order valence-electron chi connectivity index (χ3n) is 0.863. The van der Waals surface area contributed by atoms with Crippen molar-refractivity contribution in [3.05, 3.63) is 12.2 Å². The van der Waals surface area contributed by atoms with Crippen LogP contribution in [0.4, 0.5) is 4.39 Å². The highest BCUT2D eigenvalue weighted by atomic mass is 19.1. The van der Waals surface area contributed by atoms with E-state index >= 15 is 0 Å². The van der Waals surface area contributed by atoms with E-state index in [-0.39, 0.29) is 0 Å². The zero-order chi connectivity index (χ0) is 6.41. The van der Waals surface area contributed by atoms with Crippen LogP contribution in [0.1, 0.15) is 26.7 Å². The van der Waals surface area contributed by atoms with Gasteiger partial charge in [-0.1, -0.05) is 19.1 Å². The molecule has 0 fully saturated rings. The van der Waals surface area contributed by atoms with Crippen molar-refractivity contribution in [2.24, 2.45) is 0 Å². The molecule has 0 radical (unpaired) electrons. The first-order valence-electron chi connectivity index (χ1n) is 3.06. The van der Waals surface area contributed by atoms with Crippen molar-refractivity contribution >= 4 is 0 Å². The molecule has 0 aromatic heterocycles. The minimum absolute atomic E-state index is 0.563. The van der Waals surface area contributed by atoms with Gasteiger partial charge in [0.15, 0.2) is 0 Å². The van der Waals surface area contributed by atoms with E-state index in [4.69, 9.17) is 0 Å². The van der Waals surface area contributed by atoms with Gasteiger partial charge in [0.25, 0.3) is 0 Å². The summed E-state index contributed by atoms with van der Waals surface area (Å²) in [4.78, 5) is 0. The first-order valence-corrected chi connectivity index (χ1v) is 3.06. The lowest BCUT2D eigenvalue weighted by molar-refractivity contribution is 0.365. The van der Waals surface area contributed by atoms with Crippen LogP contribution in [0.2, 0.25) is 0 Å². The second-order valence-electron chi connectivity index (χ2n) is 1.90. The average molecular weight is 116 g/mol. The molecule has 0 rings (SSSR count). The van der Waals surface area contributed by atoms with E-state index in [1.54, 1.807) is 6.92 Å². The fourth-order valence-electron chi connectivity index (χ4n) is 0.450. The van der Waals surface area contributed by atoms with Crippen LogP contribution in [-0.2, 0) is 0 Å². The van der Waals surface area contributed by atoms with Gasteiger partial charge in [0, 0.05) is 0 Å². The predicted octanol–water partition coefficient (Wildman–Crippen LogP) is 2.70. The minimum Gasteiger partial charge on any atom is -0.247 e. The Kier molecular flexibility index (Phi) is 4.62. The summed E-state index contributed by atoms with van der Waals surface area (Å²) in [6.45, 7) is 3.61. The van der Waals surface area contributed by atoms with Crippen LogP contribution in [0, 0.1) is 0 Å². The second kappa shape index (κ2) is 4.82. The van der Waals surface area contributed by atoms with E-state index in [9.17, 15) is 4.39 Å². The van der Waals surface area contributed by atoms with E-state index < -0.39 is 6.17 Å². The number of hydrogen-bond donors (Lipinski definition) is 0. The maximum atomic E-state index is 12.0. The zero-order valence-corrected chi connectivity index (χ0v) is 5.52. The molecule has 1 unspecified atom stereocenters. The van der Waals surface area contributed by atoms with Gasteiger partial charge in [-0.15, -0.1) is 0 Å². The van der Waals surface area contributed by atoms with Gasteiger partial charge < -0.3 is 0 Å². The molecule has 8 heavy (non-hydrogen) atoms. The van der Waals surface area contributed by atoms with Gasteiger partial charge in [-0.3, -0.25) is 0 Å². The molecule has 0 N–H and O–H groups in total. The van der Waals surface area contributed by atoms with Crippen LogP contribution < -0.4 is 0 Å². The Morgan fingerprint density at radius 1 is 1.50 bits per heavy atom. The molecular formula is C7H13F. The van der Waals surface area contributed by atoms with Crippen molar-refractivity contribution in [2.75, 3.05) is 0 Å². The Bertz CT molecular complexity index is 64.8. The fourth-order valence-corrected chi connectivity index (χ4v) is 0.450. The third kappa shape index (κ3) is 5.67. The molecular weight excluding hydrogens is 103 g/mol. The Balaban J connectivity index is 3.03. The van der Waals surface area contributed by atoms with E-state index in [1.165, 1.54) is 0 Å². The van der Waals surface area contributed by atoms with Gasteiger partial charge in [-0.05, 0) is 19.8 Å². The topological polar surface area (TPSA) is 0 Å². The van der Waals surface area contributed by atoms with E-state index in [0.29, 0.717) is 6.42 Å². The quantitative estimate of drug-likeness (QED) is 0.497. The van der Waals surface area contributed by atoms with Crippen LogP contribution in [0.15, 0.2) is 12.2 Å². The third-order valence-corrected chi connectivity index (χ3v) is 0.863. The van der Waals surface area contributed by atoms with Gasteiger partial charge in [0.2, 0.25) is 0 Å². The summed E-state index contributed by atoms with van der Waals surface area (Å²) < 4.78 is 12.0. The lowest BCUT2D eigenvalue weighted by atomic mass is 10.3. The maximum absolute atomic E-state index is 12.0. The van der Waals surface area contributed by atoms with Gasteiger partial charge >= 0.3 is 0 Å². The molecule has 1 heteroatoms. The summed E-state index contributed by atoms with van der Waals surface area (Å²) in [7, 11) is 0. The Morgan fingerprint density at radius 3 is 2.50 bits per heavy atom. The van der Waals surface area contributed by atoms with Gasteiger partial charge in [-0.25, -0.2) is 4.39 Å². The van der Waals surface area contributed by atoms with Crippen LogP contribution in [0.5, 0.6) is 0 Å². The average Bonchev–Trinajstić information content (AvgIpc) is 1.66. The number of hydrogen-bond acceptors (Lipinski definition) is 0. The van der Waals surface area contributed by atoms with Crippen molar-refractivity contribution in [3.63, 3.8) is 0 Å². The summed E-state index contributed by atoms with van der Waals surface area (Å²) in [6.07, 6.45) is 4.75. The number of halogens is 1. The van der Waals surface area contributed by atoms with Gasteiger partial charge in [0.1, 0.15) is 6.17 Å². The van der Waals surface area contributed by atoms with Crippen molar-refractivity contribution in [3.8, 4) is 0 Å². The normalized spacial score (nSPS) is 14.9. The lowest BCUT2D eigenvalue weighted by Crippen LogP contribution is -1.86. The molecule has 0 saturated heterocycles. The first-order chi connectivity index (χ1) is 3.77. The molecule has 0 bridgehead atoms. The Labute approximate surface area is 50.4 Å². The molecule has 1 atom stereocenters. The SMILES string of the molecule is CC/C=C/CC(C)F. The van der Waals surface area contributed by atoms with Crippen LogP contribution in [0.25, 0.3) is 0 Å². The van der Waals surface area contributed by atoms with Crippen molar-refractivity contribution < 1.29 is 4.39 Å². The van der Waals surface area contributed by atoms with E-state index in [2.05, 4.69) is 0 Å². The molecule has 48 valence electrons. The highest BCUT2D eigenvalue weighted by Crippen LogP contribution is 1.96. The largest absolute Gasteiger partial charge is 0.247 e. The van der Waals surface area contributed by atoms with Crippen LogP contribution >= 0.6 is 0 Å². The van der Waals surface area contributed by atoms with Crippen molar-refractivity contribution in [1.29, 1.82) is 0 Å². The molecule has 0 aliphatic carbocycles. The predicted molar refractivity (Wildman–Crippen MR) is 34.6 cm³/mol. The molecule has 0 nitrogen and oxygen atoms in total. The number of alkyl halides is 1. The summed E-state index contributed by atoms with van der Waals surface area (Å²) in [5.74, 6) is 0. The summed E-state index contributed by atoms with van der Waals surface area (Å²) in [5.41, 5.74) is 0. The smallest absolute Gasteiger partial charge is 0.101 e. The van der Waals surface area contributed by atoms with Crippen LogP contribution in [-0.4, -0.2) is 6.17 Å². The van der Waals surface area contributed by atoms with Crippen molar-refractivity contribution in [1.82, 2.24) is 0 Å². The van der Waals surface area contributed by atoms with Gasteiger partial charge in [0.05, 0.1) is 0 Å². The summed E-state index contributed by atoms with van der Waals surface area (Å²) >= 11 is 0. The number of rotatable bonds is 3. The monoisotopic (exact) mass is 116 g/mol. The fraction of sp³-hybridized carbons (Fsp3) is 0.714. The minimum atomic E-state index is -0.683. The molecule has 0 saturated carbocycles. The molecule has 0 amide bonds. The van der Waals surface area contributed by atoms with E-state index in [1.807, 2.05) is 19.1 Å². The summed E-state index contributed by atoms with van der Waals surface area (Å²) in [6, 6.07) is 0. The molecule has 0 spiro atoms. The highest BCUT2D eigenvalue weighted by molar-refractivity contribution is 4.81.